The van der Waals surface area contributed by atoms with Crippen molar-refractivity contribution in [2.75, 3.05) is 13.1 Å². The minimum atomic E-state index is 0.232. The van der Waals surface area contributed by atoms with Crippen LogP contribution in [0.4, 0.5) is 0 Å². The molecule has 0 N–H and O–H groups in total. The van der Waals surface area contributed by atoms with Gasteiger partial charge in [0, 0.05) is 48.7 Å². The van der Waals surface area contributed by atoms with Crippen molar-refractivity contribution in [2.45, 2.75) is 52.5 Å². The molecule has 0 spiro atoms. The number of thiazole rings is 1. The summed E-state index contributed by atoms with van der Waals surface area (Å²) < 4.78 is 1.93. The van der Waals surface area contributed by atoms with E-state index in [2.05, 4.69) is 15.5 Å². The predicted octanol–water partition coefficient (Wildman–Crippen LogP) is 3.06. The van der Waals surface area contributed by atoms with Gasteiger partial charge in [-0.1, -0.05) is 0 Å². The second-order valence-electron chi connectivity index (χ2n) is 6.41. The maximum atomic E-state index is 12.5. The molecule has 1 aliphatic heterocycles. The first-order valence-corrected chi connectivity index (χ1v) is 9.12. The number of rotatable bonds is 4. The molecule has 23 heavy (non-hydrogen) atoms. The molecule has 0 aliphatic carbocycles. The minimum Gasteiger partial charge on any atom is -0.342 e. The first-order valence-electron chi connectivity index (χ1n) is 8.24. The van der Waals surface area contributed by atoms with Crippen LogP contribution in [0, 0.1) is 20.8 Å². The van der Waals surface area contributed by atoms with Gasteiger partial charge in [-0.2, -0.15) is 5.10 Å². The van der Waals surface area contributed by atoms with E-state index in [1.165, 1.54) is 5.01 Å². The van der Waals surface area contributed by atoms with Crippen LogP contribution in [0.5, 0.6) is 0 Å². The van der Waals surface area contributed by atoms with Crippen LogP contribution in [-0.4, -0.2) is 38.7 Å². The minimum absolute atomic E-state index is 0.232. The molecule has 1 unspecified atom stereocenters. The number of piperidine rings is 1. The molecule has 3 heterocycles. The lowest BCUT2D eigenvalue weighted by Gasteiger charge is -2.32. The van der Waals surface area contributed by atoms with Crippen LogP contribution in [0.15, 0.2) is 11.4 Å². The smallest absolute Gasteiger partial charge is 0.224 e. The molecule has 1 amide bonds. The molecule has 1 fully saturated rings. The van der Waals surface area contributed by atoms with E-state index in [1.807, 2.05) is 36.4 Å². The molecule has 0 aromatic carbocycles. The van der Waals surface area contributed by atoms with Gasteiger partial charge in [-0.05, 0) is 39.7 Å². The first kappa shape index (κ1) is 16.2. The van der Waals surface area contributed by atoms with Gasteiger partial charge in [0.15, 0.2) is 0 Å². The molecule has 0 radical (unpaired) electrons. The van der Waals surface area contributed by atoms with E-state index in [-0.39, 0.29) is 5.91 Å². The first-order chi connectivity index (χ1) is 11.0. The van der Waals surface area contributed by atoms with E-state index in [0.29, 0.717) is 18.9 Å². The van der Waals surface area contributed by atoms with Gasteiger partial charge in [-0.15, -0.1) is 11.3 Å². The Morgan fingerprint density at radius 2 is 2.17 bits per heavy atom. The number of aryl methyl sites for hydroxylation is 4. The van der Waals surface area contributed by atoms with E-state index in [1.54, 1.807) is 11.3 Å². The lowest BCUT2D eigenvalue weighted by Crippen LogP contribution is -2.39. The predicted molar refractivity (Wildman–Crippen MR) is 91.7 cm³/mol. The lowest BCUT2D eigenvalue weighted by molar-refractivity contribution is -0.132. The number of likely N-dealkylation sites (tertiary alicyclic amines) is 1. The zero-order chi connectivity index (χ0) is 16.4. The van der Waals surface area contributed by atoms with Crippen molar-refractivity contribution in [1.82, 2.24) is 19.7 Å². The van der Waals surface area contributed by atoms with E-state index >= 15 is 0 Å². The summed E-state index contributed by atoms with van der Waals surface area (Å²) in [6.07, 6.45) is 2.72. The Kier molecular flexibility index (Phi) is 4.80. The van der Waals surface area contributed by atoms with Crippen LogP contribution in [-0.2, 0) is 11.3 Å². The third-order valence-electron chi connectivity index (χ3n) is 4.40. The molecule has 0 bridgehead atoms. The number of hydrogen-bond donors (Lipinski definition) is 0. The molecule has 5 nitrogen and oxygen atoms in total. The van der Waals surface area contributed by atoms with Crippen LogP contribution in [0.1, 0.15) is 47.3 Å². The van der Waals surface area contributed by atoms with Crippen molar-refractivity contribution in [3.8, 4) is 0 Å². The second kappa shape index (κ2) is 6.83. The van der Waals surface area contributed by atoms with Gasteiger partial charge in [0.05, 0.1) is 10.7 Å². The maximum absolute atomic E-state index is 12.5. The Morgan fingerprint density at radius 1 is 1.35 bits per heavy atom. The molecule has 6 heteroatoms. The molecule has 2 aromatic rings. The fraction of sp³-hybridized carbons (Fsp3) is 0.588. The van der Waals surface area contributed by atoms with Crippen LogP contribution in [0.25, 0.3) is 0 Å². The van der Waals surface area contributed by atoms with Gasteiger partial charge in [0.1, 0.15) is 0 Å². The number of carbonyl (C=O) groups is 1. The Balaban J connectivity index is 1.57. The molecule has 1 aliphatic rings. The number of nitrogens with zero attached hydrogens (tertiary/aromatic N) is 4. The average Bonchev–Trinajstić information content (AvgIpc) is 3.10. The Hall–Kier alpha value is -1.69. The quantitative estimate of drug-likeness (QED) is 0.864. The number of carbonyl (C=O) groups excluding carboxylic acids is 1. The normalized spacial score (nSPS) is 18.4. The van der Waals surface area contributed by atoms with Crippen LogP contribution < -0.4 is 0 Å². The van der Waals surface area contributed by atoms with E-state index in [0.717, 1.165) is 43.0 Å². The highest BCUT2D eigenvalue weighted by atomic mass is 32.1. The summed E-state index contributed by atoms with van der Waals surface area (Å²) in [5, 5.41) is 7.71. The summed E-state index contributed by atoms with van der Waals surface area (Å²) in [7, 11) is 0. The van der Waals surface area contributed by atoms with Gasteiger partial charge < -0.3 is 4.90 Å². The highest BCUT2D eigenvalue weighted by Gasteiger charge is 2.26. The molecule has 3 rings (SSSR count). The Morgan fingerprint density at radius 3 is 2.83 bits per heavy atom. The van der Waals surface area contributed by atoms with Crippen molar-refractivity contribution in [3.63, 3.8) is 0 Å². The van der Waals surface area contributed by atoms with E-state index in [9.17, 15) is 4.79 Å². The van der Waals surface area contributed by atoms with Crippen molar-refractivity contribution in [2.24, 2.45) is 0 Å². The van der Waals surface area contributed by atoms with Crippen molar-refractivity contribution in [3.05, 3.63) is 33.5 Å². The van der Waals surface area contributed by atoms with Crippen LogP contribution in [0.3, 0.4) is 0 Å². The summed E-state index contributed by atoms with van der Waals surface area (Å²) in [6.45, 7) is 8.39. The molecular formula is C17H24N4OS. The van der Waals surface area contributed by atoms with Crippen molar-refractivity contribution in [1.29, 1.82) is 0 Å². The Bertz CT molecular complexity index is 691. The molecule has 1 atom stereocenters. The van der Waals surface area contributed by atoms with Gasteiger partial charge in [-0.3, -0.25) is 9.48 Å². The lowest BCUT2D eigenvalue weighted by atomic mass is 9.98. The number of hydrogen-bond acceptors (Lipinski definition) is 4. The summed E-state index contributed by atoms with van der Waals surface area (Å²) in [5.41, 5.74) is 3.20. The Labute approximate surface area is 141 Å². The third-order valence-corrected chi connectivity index (χ3v) is 5.53. The molecular weight excluding hydrogens is 308 g/mol. The van der Waals surface area contributed by atoms with Crippen molar-refractivity contribution < 1.29 is 4.79 Å². The van der Waals surface area contributed by atoms with Gasteiger partial charge in [0.25, 0.3) is 0 Å². The zero-order valence-electron chi connectivity index (χ0n) is 14.1. The molecule has 1 saturated heterocycles. The number of aromatic nitrogens is 3. The fourth-order valence-corrected chi connectivity index (χ4v) is 4.15. The highest BCUT2D eigenvalue weighted by Crippen LogP contribution is 2.29. The molecule has 2 aromatic heterocycles. The maximum Gasteiger partial charge on any atom is 0.224 e. The zero-order valence-corrected chi connectivity index (χ0v) is 14.9. The van der Waals surface area contributed by atoms with Gasteiger partial charge in [0.2, 0.25) is 5.91 Å². The van der Waals surface area contributed by atoms with Crippen molar-refractivity contribution >= 4 is 17.2 Å². The molecule has 124 valence electrons. The monoisotopic (exact) mass is 332 g/mol. The molecule has 0 saturated carbocycles. The van der Waals surface area contributed by atoms with E-state index in [4.69, 9.17) is 0 Å². The third kappa shape index (κ3) is 3.80. The number of amides is 1. The topological polar surface area (TPSA) is 51.0 Å². The van der Waals surface area contributed by atoms with Crippen LogP contribution in [0.2, 0.25) is 0 Å². The summed E-state index contributed by atoms with van der Waals surface area (Å²) in [5.74, 6) is 0.635. The largest absolute Gasteiger partial charge is 0.342 e. The SMILES string of the molecule is Cc1csc(C2CCCN(C(=O)CCn3nc(C)cc3C)C2)n1. The van der Waals surface area contributed by atoms with Gasteiger partial charge in [-0.25, -0.2) is 4.98 Å². The fourth-order valence-electron chi connectivity index (χ4n) is 3.23. The summed E-state index contributed by atoms with van der Waals surface area (Å²) in [4.78, 5) is 19.2. The van der Waals surface area contributed by atoms with Gasteiger partial charge >= 0.3 is 0 Å². The summed E-state index contributed by atoms with van der Waals surface area (Å²) >= 11 is 1.72. The average molecular weight is 332 g/mol. The standard InChI is InChI=1S/C17H24N4OS/c1-12-9-14(3)21(19-12)8-6-16(22)20-7-4-5-15(10-20)17-18-13(2)11-23-17/h9,11,15H,4-8,10H2,1-3H3. The second-order valence-corrected chi connectivity index (χ2v) is 7.30. The highest BCUT2D eigenvalue weighted by molar-refractivity contribution is 7.09. The van der Waals surface area contributed by atoms with Crippen LogP contribution >= 0.6 is 11.3 Å². The van der Waals surface area contributed by atoms with E-state index < -0.39 is 0 Å². The summed E-state index contributed by atoms with van der Waals surface area (Å²) in [6, 6.07) is 2.05.